The SMILES string of the molecule is COCCC1CC(c2ccccc2)CCC1O. The zero-order chi connectivity index (χ0) is 12.1. The quantitative estimate of drug-likeness (QED) is 0.868. The maximum atomic E-state index is 10.0. The van der Waals surface area contributed by atoms with Crippen molar-refractivity contribution in [3.05, 3.63) is 35.9 Å². The van der Waals surface area contributed by atoms with E-state index >= 15 is 0 Å². The molecule has 1 aromatic rings. The predicted octanol–water partition coefficient (Wildman–Crippen LogP) is 2.97. The molecule has 0 amide bonds. The summed E-state index contributed by atoms with van der Waals surface area (Å²) < 4.78 is 5.12. The van der Waals surface area contributed by atoms with Gasteiger partial charge in [0.1, 0.15) is 0 Å². The highest BCUT2D eigenvalue weighted by atomic mass is 16.5. The van der Waals surface area contributed by atoms with Gasteiger partial charge in [-0.1, -0.05) is 30.3 Å². The topological polar surface area (TPSA) is 29.5 Å². The second kappa shape index (κ2) is 6.18. The molecule has 1 aliphatic rings. The molecule has 0 heterocycles. The average Bonchev–Trinajstić information content (AvgIpc) is 2.39. The van der Waals surface area contributed by atoms with E-state index in [0.29, 0.717) is 11.8 Å². The van der Waals surface area contributed by atoms with Crippen LogP contribution >= 0.6 is 0 Å². The molecular weight excluding hydrogens is 212 g/mol. The highest BCUT2D eigenvalue weighted by Gasteiger charge is 2.29. The van der Waals surface area contributed by atoms with Gasteiger partial charge in [-0.05, 0) is 43.1 Å². The molecule has 2 nitrogen and oxygen atoms in total. The summed E-state index contributed by atoms with van der Waals surface area (Å²) in [5, 5.41) is 10.0. The van der Waals surface area contributed by atoms with Gasteiger partial charge in [0, 0.05) is 13.7 Å². The first kappa shape index (κ1) is 12.6. The van der Waals surface area contributed by atoms with Crippen molar-refractivity contribution in [2.24, 2.45) is 5.92 Å². The maximum Gasteiger partial charge on any atom is 0.0569 e. The van der Waals surface area contributed by atoms with Crippen molar-refractivity contribution in [1.29, 1.82) is 0 Å². The fourth-order valence-corrected chi connectivity index (χ4v) is 2.86. The standard InChI is InChI=1S/C15H22O2/c1-17-10-9-14-11-13(7-8-15(14)16)12-5-3-2-4-6-12/h2-6,13-16H,7-11H2,1H3. The van der Waals surface area contributed by atoms with Crippen LogP contribution in [0.5, 0.6) is 0 Å². The first-order chi connectivity index (χ1) is 8.31. The molecule has 0 radical (unpaired) electrons. The Morgan fingerprint density at radius 2 is 2.00 bits per heavy atom. The van der Waals surface area contributed by atoms with Crippen molar-refractivity contribution >= 4 is 0 Å². The lowest BCUT2D eigenvalue weighted by atomic mass is 9.75. The molecule has 0 saturated heterocycles. The number of methoxy groups -OCH3 is 1. The smallest absolute Gasteiger partial charge is 0.0569 e. The van der Waals surface area contributed by atoms with Gasteiger partial charge in [0.15, 0.2) is 0 Å². The Labute approximate surface area is 104 Å². The summed E-state index contributed by atoms with van der Waals surface area (Å²) in [6.45, 7) is 0.753. The van der Waals surface area contributed by atoms with Crippen molar-refractivity contribution < 1.29 is 9.84 Å². The highest BCUT2D eigenvalue weighted by molar-refractivity contribution is 5.20. The summed E-state index contributed by atoms with van der Waals surface area (Å²) in [5.74, 6) is 1.01. The molecule has 94 valence electrons. The van der Waals surface area contributed by atoms with E-state index in [2.05, 4.69) is 30.3 Å². The lowest BCUT2D eigenvalue weighted by Gasteiger charge is -2.33. The molecule has 0 bridgehead atoms. The van der Waals surface area contributed by atoms with Gasteiger partial charge < -0.3 is 9.84 Å². The molecule has 0 aromatic heterocycles. The maximum absolute atomic E-state index is 10.0. The van der Waals surface area contributed by atoms with Crippen LogP contribution in [-0.4, -0.2) is 24.9 Å². The van der Waals surface area contributed by atoms with Crippen LogP contribution < -0.4 is 0 Å². The molecule has 3 atom stereocenters. The van der Waals surface area contributed by atoms with E-state index in [0.717, 1.165) is 32.3 Å². The van der Waals surface area contributed by atoms with Crippen LogP contribution in [0.15, 0.2) is 30.3 Å². The number of aliphatic hydroxyl groups is 1. The van der Waals surface area contributed by atoms with E-state index in [1.807, 2.05) is 0 Å². The van der Waals surface area contributed by atoms with Gasteiger partial charge >= 0.3 is 0 Å². The Morgan fingerprint density at radius 3 is 2.71 bits per heavy atom. The lowest BCUT2D eigenvalue weighted by molar-refractivity contribution is 0.0419. The number of rotatable bonds is 4. The molecule has 2 heteroatoms. The third kappa shape index (κ3) is 3.30. The molecule has 1 N–H and O–H groups in total. The summed E-state index contributed by atoms with van der Waals surface area (Å²) in [7, 11) is 1.73. The number of hydrogen-bond acceptors (Lipinski definition) is 2. The van der Waals surface area contributed by atoms with E-state index in [1.165, 1.54) is 5.56 Å². The van der Waals surface area contributed by atoms with E-state index in [-0.39, 0.29) is 6.10 Å². The second-order valence-electron chi connectivity index (χ2n) is 5.03. The van der Waals surface area contributed by atoms with Crippen LogP contribution in [-0.2, 0) is 4.74 Å². The van der Waals surface area contributed by atoms with E-state index in [9.17, 15) is 5.11 Å². The molecule has 1 fully saturated rings. The van der Waals surface area contributed by atoms with Gasteiger partial charge in [0.2, 0.25) is 0 Å². The van der Waals surface area contributed by atoms with Gasteiger partial charge in [0.05, 0.1) is 6.10 Å². The predicted molar refractivity (Wildman–Crippen MR) is 69.0 cm³/mol. The summed E-state index contributed by atoms with van der Waals surface area (Å²) in [6, 6.07) is 10.7. The zero-order valence-electron chi connectivity index (χ0n) is 10.5. The van der Waals surface area contributed by atoms with Crippen LogP contribution in [0.4, 0.5) is 0 Å². The molecule has 1 saturated carbocycles. The zero-order valence-corrected chi connectivity index (χ0v) is 10.5. The van der Waals surface area contributed by atoms with Crippen molar-refractivity contribution in [2.75, 3.05) is 13.7 Å². The Balaban J connectivity index is 1.97. The fraction of sp³-hybridized carbons (Fsp3) is 0.600. The van der Waals surface area contributed by atoms with Crippen molar-refractivity contribution in [3.63, 3.8) is 0 Å². The van der Waals surface area contributed by atoms with Crippen LogP contribution in [0, 0.1) is 5.92 Å². The van der Waals surface area contributed by atoms with Crippen LogP contribution in [0.1, 0.15) is 37.2 Å². The molecule has 17 heavy (non-hydrogen) atoms. The normalized spacial score (nSPS) is 29.2. The fourth-order valence-electron chi connectivity index (χ4n) is 2.86. The number of ether oxygens (including phenoxy) is 1. The highest BCUT2D eigenvalue weighted by Crippen LogP contribution is 2.37. The molecule has 0 spiro atoms. The summed E-state index contributed by atoms with van der Waals surface area (Å²) in [4.78, 5) is 0. The van der Waals surface area contributed by atoms with Gasteiger partial charge in [-0.25, -0.2) is 0 Å². The summed E-state index contributed by atoms with van der Waals surface area (Å²) >= 11 is 0. The van der Waals surface area contributed by atoms with Crippen LogP contribution in [0.3, 0.4) is 0 Å². The Morgan fingerprint density at radius 1 is 1.24 bits per heavy atom. The summed E-state index contributed by atoms with van der Waals surface area (Å²) in [5.41, 5.74) is 1.42. The molecular formula is C15H22O2. The van der Waals surface area contributed by atoms with Crippen LogP contribution in [0.25, 0.3) is 0 Å². The molecule has 1 aromatic carbocycles. The first-order valence-corrected chi connectivity index (χ1v) is 6.53. The molecule has 2 rings (SSSR count). The van der Waals surface area contributed by atoms with E-state index in [4.69, 9.17) is 4.74 Å². The van der Waals surface area contributed by atoms with Crippen molar-refractivity contribution in [2.45, 2.75) is 37.7 Å². The minimum absolute atomic E-state index is 0.134. The molecule has 1 aliphatic carbocycles. The second-order valence-corrected chi connectivity index (χ2v) is 5.03. The largest absolute Gasteiger partial charge is 0.393 e. The molecule has 3 unspecified atom stereocenters. The third-order valence-corrected chi connectivity index (χ3v) is 3.91. The van der Waals surface area contributed by atoms with Gasteiger partial charge in [-0.2, -0.15) is 0 Å². The van der Waals surface area contributed by atoms with E-state index in [1.54, 1.807) is 7.11 Å². The van der Waals surface area contributed by atoms with Gasteiger partial charge in [0.25, 0.3) is 0 Å². The summed E-state index contributed by atoms with van der Waals surface area (Å²) in [6.07, 6.45) is 3.96. The van der Waals surface area contributed by atoms with Gasteiger partial charge in [-0.3, -0.25) is 0 Å². The lowest BCUT2D eigenvalue weighted by Crippen LogP contribution is -2.29. The van der Waals surface area contributed by atoms with Crippen LogP contribution in [0.2, 0.25) is 0 Å². The van der Waals surface area contributed by atoms with Gasteiger partial charge in [-0.15, -0.1) is 0 Å². The van der Waals surface area contributed by atoms with Crippen molar-refractivity contribution in [1.82, 2.24) is 0 Å². The number of aliphatic hydroxyl groups excluding tert-OH is 1. The Hall–Kier alpha value is -0.860. The Bertz CT molecular complexity index is 323. The molecule has 0 aliphatic heterocycles. The first-order valence-electron chi connectivity index (χ1n) is 6.53. The van der Waals surface area contributed by atoms with Crippen molar-refractivity contribution in [3.8, 4) is 0 Å². The minimum Gasteiger partial charge on any atom is -0.393 e. The van der Waals surface area contributed by atoms with E-state index < -0.39 is 0 Å². The number of hydrogen-bond donors (Lipinski definition) is 1. The Kier molecular flexibility index (Phi) is 4.57. The minimum atomic E-state index is -0.134. The third-order valence-electron chi connectivity index (χ3n) is 3.91. The number of benzene rings is 1. The average molecular weight is 234 g/mol. The monoisotopic (exact) mass is 234 g/mol.